The minimum Gasteiger partial charge on any atom is -0.493 e. The van der Waals surface area contributed by atoms with Crippen molar-refractivity contribution in [1.82, 2.24) is 9.97 Å². The zero-order valence-electron chi connectivity index (χ0n) is 16.3. The molecule has 6 nitrogen and oxygen atoms in total. The molecule has 0 saturated carbocycles. The summed E-state index contributed by atoms with van der Waals surface area (Å²) in [5, 5.41) is 4.20. The Balaban J connectivity index is 1.62. The average molecular weight is 386 g/mol. The smallest absolute Gasteiger partial charge is 0.162 e. The predicted molar refractivity (Wildman–Crippen MR) is 115 cm³/mol. The summed E-state index contributed by atoms with van der Waals surface area (Å²) in [5.74, 6) is 1.95. The van der Waals surface area contributed by atoms with Crippen LogP contribution in [0.1, 0.15) is 17.2 Å². The Hall–Kier alpha value is -3.64. The Morgan fingerprint density at radius 1 is 0.828 bits per heavy atom. The molecule has 4 rings (SSSR count). The zero-order valence-corrected chi connectivity index (χ0v) is 16.3. The van der Waals surface area contributed by atoms with Gasteiger partial charge in [0.2, 0.25) is 0 Å². The number of methoxy groups -OCH3 is 2. The van der Waals surface area contributed by atoms with E-state index in [4.69, 9.17) is 15.2 Å². The summed E-state index contributed by atoms with van der Waals surface area (Å²) in [6.45, 7) is 0. The van der Waals surface area contributed by atoms with Crippen molar-refractivity contribution in [2.45, 2.75) is 6.04 Å². The molecule has 6 heteroatoms. The van der Waals surface area contributed by atoms with Gasteiger partial charge in [-0.15, -0.1) is 0 Å². The summed E-state index contributed by atoms with van der Waals surface area (Å²) in [5.41, 5.74) is 10.2. The number of aromatic nitrogens is 2. The van der Waals surface area contributed by atoms with Crippen LogP contribution in [0.3, 0.4) is 0 Å². The number of nitrogens with one attached hydrogen (secondary N) is 1. The van der Waals surface area contributed by atoms with Crippen molar-refractivity contribution in [2.75, 3.05) is 19.5 Å². The van der Waals surface area contributed by atoms with E-state index in [-0.39, 0.29) is 6.04 Å². The second-order valence-corrected chi connectivity index (χ2v) is 6.58. The lowest BCUT2D eigenvalue weighted by Crippen LogP contribution is -2.11. The summed E-state index contributed by atoms with van der Waals surface area (Å²) in [4.78, 5) is 8.73. The SMILES string of the molecule is COc1cc2ncnc(Nc3ccc([C@H](N)c4ccccc4)cc3)c2cc1OC. The molecular weight excluding hydrogens is 364 g/mol. The molecule has 0 aliphatic rings. The number of anilines is 2. The molecule has 1 atom stereocenters. The van der Waals surface area contributed by atoms with E-state index in [0.717, 1.165) is 27.7 Å². The Labute approximate surface area is 169 Å². The molecule has 0 unspecified atom stereocenters. The van der Waals surface area contributed by atoms with Gasteiger partial charge in [-0.3, -0.25) is 0 Å². The van der Waals surface area contributed by atoms with Crippen LogP contribution in [-0.2, 0) is 0 Å². The Kier molecular flexibility index (Phi) is 5.27. The number of ether oxygens (including phenoxy) is 2. The number of nitrogens with two attached hydrogens (primary N) is 1. The maximum Gasteiger partial charge on any atom is 0.162 e. The molecule has 0 amide bonds. The van der Waals surface area contributed by atoms with E-state index in [2.05, 4.69) is 15.3 Å². The fraction of sp³-hybridized carbons (Fsp3) is 0.130. The van der Waals surface area contributed by atoms with Crippen LogP contribution in [0.5, 0.6) is 11.5 Å². The maximum atomic E-state index is 6.39. The molecule has 3 aromatic carbocycles. The second-order valence-electron chi connectivity index (χ2n) is 6.58. The van der Waals surface area contributed by atoms with Gasteiger partial charge in [0.15, 0.2) is 11.5 Å². The number of fused-ring (bicyclic) bond motifs is 1. The molecule has 0 fully saturated rings. The van der Waals surface area contributed by atoms with Gasteiger partial charge < -0.3 is 20.5 Å². The molecule has 0 bridgehead atoms. The molecule has 0 aliphatic heterocycles. The molecule has 1 aromatic heterocycles. The molecular formula is C23H22N4O2. The fourth-order valence-corrected chi connectivity index (χ4v) is 3.25. The topological polar surface area (TPSA) is 82.3 Å². The van der Waals surface area contributed by atoms with Crippen molar-refractivity contribution in [2.24, 2.45) is 5.73 Å². The minimum absolute atomic E-state index is 0.165. The van der Waals surface area contributed by atoms with Gasteiger partial charge in [0, 0.05) is 17.1 Å². The fourth-order valence-electron chi connectivity index (χ4n) is 3.25. The number of nitrogens with zero attached hydrogens (tertiary/aromatic N) is 2. The number of benzene rings is 3. The van der Waals surface area contributed by atoms with Gasteiger partial charge in [0.05, 0.1) is 25.8 Å². The van der Waals surface area contributed by atoms with E-state index < -0.39 is 0 Å². The average Bonchev–Trinajstić information content (AvgIpc) is 2.79. The summed E-state index contributed by atoms with van der Waals surface area (Å²) in [6.07, 6.45) is 1.52. The number of rotatable bonds is 6. The second kappa shape index (κ2) is 8.16. The monoisotopic (exact) mass is 386 g/mol. The molecule has 4 aromatic rings. The van der Waals surface area contributed by atoms with E-state index >= 15 is 0 Å². The van der Waals surface area contributed by atoms with Crippen LogP contribution < -0.4 is 20.5 Å². The van der Waals surface area contributed by atoms with Crippen molar-refractivity contribution < 1.29 is 9.47 Å². The predicted octanol–water partition coefficient (Wildman–Crippen LogP) is 4.44. The highest BCUT2D eigenvalue weighted by Crippen LogP contribution is 2.34. The van der Waals surface area contributed by atoms with Crippen molar-refractivity contribution in [3.63, 3.8) is 0 Å². The van der Waals surface area contributed by atoms with E-state index in [1.54, 1.807) is 14.2 Å². The van der Waals surface area contributed by atoms with Crippen LogP contribution in [0.15, 0.2) is 73.1 Å². The molecule has 3 N–H and O–H groups in total. The Morgan fingerprint density at radius 3 is 2.17 bits per heavy atom. The normalized spacial score (nSPS) is 11.8. The number of hydrogen-bond acceptors (Lipinski definition) is 6. The summed E-state index contributed by atoms with van der Waals surface area (Å²) >= 11 is 0. The molecule has 146 valence electrons. The van der Waals surface area contributed by atoms with Crippen molar-refractivity contribution >= 4 is 22.4 Å². The lowest BCUT2D eigenvalue weighted by atomic mass is 9.99. The first kappa shape index (κ1) is 18.7. The first-order valence-electron chi connectivity index (χ1n) is 9.24. The maximum absolute atomic E-state index is 6.39. The van der Waals surface area contributed by atoms with Crippen LogP contribution in [0.4, 0.5) is 11.5 Å². The van der Waals surface area contributed by atoms with Gasteiger partial charge in [0.25, 0.3) is 0 Å². The molecule has 0 aliphatic carbocycles. The highest BCUT2D eigenvalue weighted by molar-refractivity contribution is 5.93. The van der Waals surface area contributed by atoms with Crippen molar-refractivity contribution in [3.05, 3.63) is 84.2 Å². The van der Waals surface area contributed by atoms with Gasteiger partial charge in [-0.25, -0.2) is 9.97 Å². The van der Waals surface area contributed by atoms with Crippen LogP contribution in [0.25, 0.3) is 10.9 Å². The highest BCUT2D eigenvalue weighted by atomic mass is 16.5. The van der Waals surface area contributed by atoms with Gasteiger partial charge in [0.1, 0.15) is 12.1 Å². The van der Waals surface area contributed by atoms with E-state index in [1.165, 1.54) is 6.33 Å². The highest BCUT2D eigenvalue weighted by Gasteiger charge is 2.12. The Bertz CT molecular complexity index is 1110. The molecule has 0 saturated heterocycles. The molecule has 0 spiro atoms. The third kappa shape index (κ3) is 3.83. The summed E-state index contributed by atoms with van der Waals surface area (Å²) in [6, 6.07) is 21.6. The van der Waals surface area contributed by atoms with Crippen molar-refractivity contribution in [1.29, 1.82) is 0 Å². The molecule has 0 radical (unpaired) electrons. The van der Waals surface area contributed by atoms with Crippen LogP contribution >= 0.6 is 0 Å². The number of hydrogen-bond donors (Lipinski definition) is 2. The summed E-state index contributed by atoms with van der Waals surface area (Å²) in [7, 11) is 3.21. The van der Waals surface area contributed by atoms with Gasteiger partial charge in [-0.05, 0) is 29.3 Å². The van der Waals surface area contributed by atoms with E-state index in [0.29, 0.717) is 17.3 Å². The summed E-state index contributed by atoms with van der Waals surface area (Å²) < 4.78 is 10.8. The van der Waals surface area contributed by atoms with Gasteiger partial charge >= 0.3 is 0 Å². The first-order valence-corrected chi connectivity index (χ1v) is 9.24. The Morgan fingerprint density at radius 2 is 1.48 bits per heavy atom. The van der Waals surface area contributed by atoms with Gasteiger partial charge in [-0.1, -0.05) is 42.5 Å². The van der Waals surface area contributed by atoms with E-state index in [9.17, 15) is 0 Å². The minimum atomic E-state index is -0.165. The lowest BCUT2D eigenvalue weighted by molar-refractivity contribution is 0.356. The molecule has 1 heterocycles. The van der Waals surface area contributed by atoms with Crippen LogP contribution in [0.2, 0.25) is 0 Å². The lowest BCUT2D eigenvalue weighted by Gasteiger charge is -2.14. The molecule has 29 heavy (non-hydrogen) atoms. The quantitative estimate of drug-likeness (QED) is 0.510. The van der Waals surface area contributed by atoms with Crippen molar-refractivity contribution in [3.8, 4) is 11.5 Å². The van der Waals surface area contributed by atoms with Crippen LogP contribution in [0, 0.1) is 0 Å². The standard InChI is InChI=1S/C23H22N4O2/c1-28-20-12-18-19(13-21(20)29-2)25-14-26-23(18)27-17-10-8-16(9-11-17)22(24)15-6-4-3-5-7-15/h3-14,22H,24H2,1-2H3,(H,25,26,27)/t22-/m1/s1. The van der Waals surface area contributed by atoms with E-state index in [1.807, 2.05) is 66.7 Å². The zero-order chi connectivity index (χ0) is 20.2. The van der Waals surface area contributed by atoms with Crippen LogP contribution in [-0.4, -0.2) is 24.2 Å². The third-order valence-corrected chi connectivity index (χ3v) is 4.83. The van der Waals surface area contributed by atoms with Gasteiger partial charge in [-0.2, -0.15) is 0 Å². The largest absolute Gasteiger partial charge is 0.493 e. The third-order valence-electron chi connectivity index (χ3n) is 4.83. The first-order chi connectivity index (χ1) is 14.2.